The SMILES string of the molecule is O=[N+]([O-])c1cccc(-n2cccc2[C@H]2[C@@H](c3ccccn3)NC(=S)N2c2ccccc2O)c1. The van der Waals surface area contributed by atoms with Crippen LogP contribution in [0.15, 0.2) is 91.3 Å². The number of anilines is 1. The monoisotopic (exact) mass is 457 g/mol. The molecule has 2 atom stereocenters. The quantitative estimate of drug-likeness (QED) is 0.256. The lowest BCUT2D eigenvalue weighted by atomic mass is 10.0. The van der Waals surface area contributed by atoms with Crippen molar-refractivity contribution in [2.45, 2.75) is 12.1 Å². The molecule has 9 heteroatoms. The van der Waals surface area contributed by atoms with Crippen molar-refractivity contribution in [2.75, 3.05) is 4.90 Å². The predicted octanol–water partition coefficient (Wildman–Crippen LogP) is 4.66. The Morgan fingerprint density at radius 3 is 2.61 bits per heavy atom. The van der Waals surface area contributed by atoms with E-state index in [1.807, 2.05) is 58.1 Å². The minimum Gasteiger partial charge on any atom is -0.506 e. The standard InChI is InChI=1S/C24H19N5O3S/c30-21-12-2-1-10-19(21)28-23(22(26-24(28)33)18-9-3-4-13-25-18)20-11-6-14-27(20)16-7-5-8-17(15-16)29(31)32/h1-15,22-23,30H,(H,26,33)/t22-,23+/m1/s1. The maximum atomic E-state index is 11.3. The number of thiocarbonyl (C=S) groups is 1. The van der Waals surface area contributed by atoms with Gasteiger partial charge in [-0.3, -0.25) is 15.1 Å². The number of non-ortho nitro benzene ring substituents is 1. The first-order valence-corrected chi connectivity index (χ1v) is 10.7. The zero-order valence-electron chi connectivity index (χ0n) is 17.3. The fourth-order valence-corrected chi connectivity index (χ4v) is 4.55. The molecule has 164 valence electrons. The maximum absolute atomic E-state index is 11.3. The number of aromatic nitrogens is 2. The van der Waals surface area contributed by atoms with Crippen molar-refractivity contribution in [2.24, 2.45) is 0 Å². The third kappa shape index (κ3) is 3.68. The topological polar surface area (TPSA) is 96.5 Å². The van der Waals surface area contributed by atoms with Gasteiger partial charge in [0.25, 0.3) is 5.69 Å². The highest BCUT2D eigenvalue weighted by Gasteiger charge is 2.43. The molecular weight excluding hydrogens is 438 g/mol. The second-order valence-electron chi connectivity index (χ2n) is 7.57. The normalized spacial score (nSPS) is 17.7. The van der Waals surface area contributed by atoms with Crippen LogP contribution in [0.3, 0.4) is 0 Å². The molecule has 1 fully saturated rings. The number of phenols is 1. The van der Waals surface area contributed by atoms with Crippen molar-refractivity contribution in [3.8, 4) is 11.4 Å². The molecule has 0 aliphatic carbocycles. The first-order chi connectivity index (χ1) is 16.0. The third-order valence-corrected chi connectivity index (χ3v) is 5.96. The van der Waals surface area contributed by atoms with Gasteiger partial charge in [0.15, 0.2) is 5.11 Å². The molecule has 2 N–H and O–H groups in total. The molecule has 0 unspecified atom stereocenters. The lowest BCUT2D eigenvalue weighted by molar-refractivity contribution is -0.384. The van der Waals surface area contributed by atoms with E-state index in [1.54, 1.807) is 30.5 Å². The Labute approximate surface area is 194 Å². The highest BCUT2D eigenvalue weighted by molar-refractivity contribution is 7.80. The van der Waals surface area contributed by atoms with Crippen LogP contribution in [-0.2, 0) is 0 Å². The number of benzene rings is 2. The van der Waals surface area contributed by atoms with Crippen molar-refractivity contribution >= 4 is 28.7 Å². The maximum Gasteiger partial charge on any atom is 0.271 e. The second-order valence-corrected chi connectivity index (χ2v) is 7.95. The number of nitro benzene ring substituents is 1. The number of rotatable bonds is 5. The number of para-hydroxylation sites is 2. The summed E-state index contributed by atoms with van der Waals surface area (Å²) in [5.41, 5.74) is 2.84. The van der Waals surface area contributed by atoms with E-state index in [0.29, 0.717) is 16.5 Å². The Balaban J connectivity index is 1.68. The average Bonchev–Trinajstić information content (AvgIpc) is 3.44. The largest absolute Gasteiger partial charge is 0.506 e. The van der Waals surface area contributed by atoms with Crippen LogP contribution in [-0.4, -0.2) is 24.7 Å². The summed E-state index contributed by atoms with van der Waals surface area (Å²) >= 11 is 5.70. The van der Waals surface area contributed by atoms with Crippen molar-refractivity contribution < 1.29 is 10.0 Å². The van der Waals surface area contributed by atoms with Crippen LogP contribution in [0.1, 0.15) is 23.5 Å². The number of nitrogens with one attached hydrogen (secondary N) is 1. The van der Waals surface area contributed by atoms with E-state index in [2.05, 4.69) is 10.3 Å². The molecule has 4 aromatic rings. The van der Waals surface area contributed by atoms with Crippen LogP contribution < -0.4 is 10.2 Å². The van der Waals surface area contributed by atoms with Crippen LogP contribution in [0.2, 0.25) is 0 Å². The van der Waals surface area contributed by atoms with E-state index >= 15 is 0 Å². The number of pyridine rings is 1. The number of phenolic OH excluding ortho intramolecular Hbond substituents is 1. The molecule has 1 aliphatic rings. The summed E-state index contributed by atoms with van der Waals surface area (Å²) in [6.45, 7) is 0. The van der Waals surface area contributed by atoms with E-state index in [1.165, 1.54) is 12.1 Å². The van der Waals surface area contributed by atoms with Gasteiger partial charge in [-0.15, -0.1) is 0 Å². The molecule has 1 saturated heterocycles. The highest BCUT2D eigenvalue weighted by atomic mass is 32.1. The predicted molar refractivity (Wildman–Crippen MR) is 128 cm³/mol. The summed E-state index contributed by atoms with van der Waals surface area (Å²) in [6, 6.07) is 22.3. The molecular formula is C24H19N5O3S. The fraction of sp³-hybridized carbons (Fsp3) is 0.0833. The minimum absolute atomic E-state index is 0.00561. The van der Waals surface area contributed by atoms with E-state index in [-0.39, 0.29) is 23.5 Å². The first kappa shape index (κ1) is 20.7. The molecule has 3 heterocycles. The van der Waals surface area contributed by atoms with Gasteiger partial charge in [0.1, 0.15) is 11.8 Å². The summed E-state index contributed by atoms with van der Waals surface area (Å²) < 4.78 is 1.90. The number of aromatic hydroxyl groups is 1. The Morgan fingerprint density at radius 1 is 1.03 bits per heavy atom. The first-order valence-electron chi connectivity index (χ1n) is 10.3. The van der Waals surface area contributed by atoms with E-state index in [9.17, 15) is 15.2 Å². The van der Waals surface area contributed by atoms with Gasteiger partial charge < -0.3 is 19.9 Å². The molecule has 33 heavy (non-hydrogen) atoms. The Kier molecular flexibility index (Phi) is 5.23. The zero-order valence-corrected chi connectivity index (χ0v) is 18.1. The van der Waals surface area contributed by atoms with E-state index in [0.717, 1.165) is 11.4 Å². The molecule has 0 spiro atoms. The van der Waals surface area contributed by atoms with E-state index < -0.39 is 4.92 Å². The van der Waals surface area contributed by atoms with Gasteiger partial charge in [0.2, 0.25) is 0 Å². The van der Waals surface area contributed by atoms with Gasteiger partial charge in [-0.25, -0.2) is 0 Å². The molecule has 0 radical (unpaired) electrons. The molecule has 0 bridgehead atoms. The van der Waals surface area contributed by atoms with Gasteiger partial charge >= 0.3 is 0 Å². The van der Waals surface area contributed by atoms with Gasteiger partial charge in [-0.2, -0.15) is 0 Å². The molecule has 8 nitrogen and oxygen atoms in total. The van der Waals surface area contributed by atoms with Crippen LogP contribution >= 0.6 is 12.2 Å². The lowest BCUT2D eigenvalue weighted by Crippen LogP contribution is -2.30. The average molecular weight is 458 g/mol. The molecule has 2 aromatic heterocycles. The summed E-state index contributed by atoms with van der Waals surface area (Å²) in [5, 5.41) is 25.8. The Hall–Kier alpha value is -4.24. The smallest absolute Gasteiger partial charge is 0.271 e. The van der Waals surface area contributed by atoms with Crippen molar-refractivity contribution in [3.05, 3.63) is 113 Å². The fourth-order valence-electron chi connectivity index (χ4n) is 4.21. The summed E-state index contributed by atoms with van der Waals surface area (Å²) in [4.78, 5) is 17.3. The number of nitrogens with zero attached hydrogens (tertiary/aromatic N) is 4. The Bertz CT molecular complexity index is 1340. The molecule has 5 rings (SSSR count). The highest BCUT2D eigenvalue weighted by Crippen LogP contribution is 2.44. The Morgan fingerprint density at radius 2 is 1.85 bits per heavy atom. The molecule has 0 amide bonds. The van der Waals surface area contributed by atoms with Crippen molar-refractivity contribution in [3.63, 3.8) is 0 Å². The van der Waals surface area contributed by atoms with Gasteiger partial charge in [-0.1, -0.05) is 24.3 Å². The summed E-state index contributed by atoms with van der Waals surface area (Å²) in [7, 11) is 0. The van der Waals surface area contributed by atoms with Crippen LogP contribution in [0.25, 0.3) is 5.69 Å². The van der Waals surface area contributed by atoms with Crippen LogP contribution in [0, 0.1) is 10.1 Å². The molecule has 0 saturated carbocycles. The molecule has 1 aliphatic heterocycles. The van der Waals surface area contributed by atoms with Crippen molar-refractivity contribution in [1.29, 1.82) is 0 Å². The summed E-state index contributed by atoms with van der Waals surface area (Å²) in [5.74, 6) is 0.0989. The van der Waals surface area contributed by atoms with Crippen LogP contribution in [0.5, 0.6) is 5.75 Å². The zero-order chi connectivity index (χ0) is 22.9. The van der Waals surface area contributed by atoms with Crippen molar-refractivity contribution in [1.82, 2.24) is 14.9 Å². The van der Waals surface area contributed by atoms with Gasteiger partial charge in [-0.05, 0) is 54.7 Å². The second kappa shape index (κ2) is 8.36. The van der Waals surface area contributed by atoms with E-state index in [4.69, 9.17) is 12.2 Å². The summed E-state index contributed by atoms with van der Waals surface area (Å²) in [6.07, 6.45) is 3.58. The number of nitro groups is 1. The third-order valence-electron chi connectivity index (χ3n) is 5.64. The van der Waals surface area contributed by atoms with Gasteiger partial charge in [0, 0.05) is 30.2 Å². The van der Waals surface area contributed by atoms with Gasteiger partial charge in [0.05, 0.1) is 28.0 Å². The number of hydrogen-bond acceptors (Lipinski definition) is 5. The number of hydrogen-bond donors (Lipinski definition) is 2. The minimum atomic E-state index is -0.413. The lowest BCUT2D eigenvalue weighted by Gasteiger charge is -2.29. The molecule has 2 aromatic carbocycles. The van der Waals surface area contributed by atoms with Crippen LogP contribution in [0.4, 0.5) is 11.4 Å².